The molecule has 0 aromatic carbocycles. The number of aliphatic hydroxyl groups is 2. The fraction of sp³-hybridized carbons (Fsp3) is 0.652. The largest absolute Gasteiger partial charge is 0.481 e. The first-order valence-electron chi connectivity index (χ1n) is 14.5. The lowest BCUT2D eigenvalue weighted by Gasteiger charge is -2.30. The minimum Gasteiger partial charge on any atom is -0.386 e. The summed E-state index contributed by atoms with van der Waals surface area (Å²) in [6, 6.07) is 0. The molecule has 0 spiro atoms. The maximum atomic E-state index is 12.6. The maximum Gasteiger partial charge on any atom is 0.481 e. The Morgan fingerprint density at radius 2 is 1.78 bits per heavy atom. The molecule has 23 nitrogen and oxygen atoms in total. The number of phosphoric acid groups is 3. The summed E-state index contributed by atoms with van der Waals surface area (Å²) in [6.45, 7) is 2.51. The number of anilines is 1. The minimum atomic E-state index is -5.55. The van der Waals surface area contributed by atoms with Crippen LogP contribution in [0.25, 0.3) is 11.2 Å². The SMILES string of the molecule is CC(=S)SCCNC(=O)CCNC(=O)[C@H](O)C(C)(C)COP(=O)(O)OP(=O)(O)OC[C@H]1O[C@@H](n2cnc3c(N)ncnc32)[C@H](O)[C@@H]1OP(=O)(O)O. The van der Waals surface area contributed by atoms with E-state index in [1.54, 1.807) is 6.92 Å². The summed E-state index contributed by atoms with van der Waals surface area (Å²) in [5.41, 5.74) is 4.29. The van der Waals surface area contributed by atoms with Gasteiger partial charge >= 0.3 is 23.5 Å². The molecule has 2 aromatic rings. The molecule has 1 aliphatic rings. The van der Waals surface area contributed by atoms with Gasteiger partial charge in [-0.3, -0.25) is 27.7 Å². The third-order valence-corrected chi connectivity index (χ3v) is 11.1. The number of rotatable bonds is 19. The van der Waals surface area contributed by atoms with E-state index in [0.717, 1.165) is 21.4 Å². The second-order valence-electron chi connectivity index (χ2n) is 11.4. The zero-order valence-corrected chi connectivity index (χ0v) is 31.4. The molecule has 7 atom stereocenters. The van der Waals surface area contributed by atoms with Gasteiger partial charge in [0.05, 0.1) is 19.5 Å². The number of carbonyl (C=O) groups excluding carboxylic acids is 2. The summed E-state index contributed by atoms with van der Waals surface area (Å²) in [4.78, 5) is 75.1. The zero-order chi connectivity index (χ0) is 38.4. The molecule has 1 saturated heterocycles. The van der Waals surface area contributed by atoms with Crippen molar-refractivity contribution in [3.8, 4) is 0 Å². The number of fused-ring (bicyclic) bond motifs is 1. The van der Waals surface area contributed by atoms with E-state index in [4.69, 9.17) is 31.7 Å². The van der Waals surface area contributed by atoms with Crippen LogP contribution < -0.4 is 16.4 Å². The molecule has 0 aliphatic carbocycles. The van der Waals surface area contributed by atoms with Gasteiger partial charge in [-0.2, -0.15) is 4.31 Å². The highest BCUT2D eigenvalue weighted by atomic mass is 32.2. The lowest BCUT2D eigenvalue weighted by molar-refractivity contribution is -0.137. The second-order valence-corrected chi connectivity index (χ2v) is 17.8. The number of imidazole rings is 1. The number of nitrogens with zero attached hydrogens (tertiary/aromatic N) is 4. The summed E-state index contributed by atoms with van der Waals surface area (Å²) in [6.07, 6.45) is -6.77. The molecular weight excluding hydrogens is 787 g/mol. The van der Waals surface area contributed by atoms with Crippen LogP contribution in [0.3, 0.4) is 0 Å². The lowest BCUT2D eigenvalue weighted by Crippen LogP contribution is -2.46. The Balaban J connectivity index is 1.55. The molecule has 3 rings (SSSR count). The van der Waals surface area contributed by atoms with E-state index in [9.17, 15) is 53.1 Å². The van der Waals surface area contributed by atoms with E-state index in [0.29, 0.717) is 12.3 Å². The monoisotopic (exact) mass is 825 g/mol. The standard InChI is InChI=1S/C23H38N7O16P3S2/c1-12(50)51-7-6-25-14(31)4-5-26-21(34)18(33)23(2,3)9-43-49(40,41)46-48(38,39)42-8-13-17(45-47(35,36)37)16(32)22(44-13)30-11-29-15-19(24)27-10-28-20(15)30/h10-11,13,16-18,22,32-33H,4-9H2,1-3H3,(H,25,31)(H,26,34)(H,38,39)(H,40,41)(H2,24,27,28)(H2,35,36,37)/t13-,16-,17-,18+,22-/m1/s1. The van der Waals surface area contributed by atoms with Gasteiger partial charge in [0, 0.05) is 34.9 Å². The van der Waals surface area contributed by atoms with Crippen LogP contribution in [0.4, 0.5) is 5.82 Å². The van der Waals surface area contributed by atoms with Crippen LogP contribution in [-0.4, -0.2) is 122 Å². The number of nitrogens with one attached hydrogen (secondary N) is 2. The van der Waals surface area contributed by atoms with Crippen molar-refractivity contribution in [1.82, 2.24) is 30.2 Å². The van der Waals surface area contributed by atoms with Crippen molar-refractivity contribution in [3.63, 3.8) is 0 Å². The molecule has 2 amide bonds. The molecule has 51 heavy (non-hydrogen) atoms. The number of aromatic nitrogens is 4. The van der Waals surface area contributed by atoms with Gasteiger partial charge in [0.2, 0.25) is 11.8 Å². The first-order chi connectivity index (χ1) is 23.5. The fourth-order valence-corrected chi connectivity index (χ4v) is 7.90. The van der Waals surface area contributed by atoms with Crippen molar-refractivity contribution in [2.24, 2.45) is 5.41 Å². The minimum absolute atomic E-state index is 0.0363. The maximum absolute atomic E-state index is 12.6. The number of nitrogens with two attached hydrogens (primary N) is 1. The fourth-order valence-electron chi connectivity index (χ4n) is 4.32. The Labute approximate surface area is 299 Å². The Bertz CT molecular complexity index is 1710. The van der Waals surface area contributed by atoms with Gasteiger partial charge in [-0.15, -0.1) is 11.8 Å². The van der Waals surface area contributed by atoms with Gasteiger partial charge < -0.3 is 50.9 Å². The lowest BCUT2D eigenvalue weighted by atomic mass is 9.87. The summed E-state index contributed by atoms with van der Waals surface area (Å²) in [5, 5.41) is 26.3. The Hall–Kier alpha value is -2.02. The average Bonchev–Trinajstić information content (AvgIpc) is 3.57. The van der Waals surface area contributed by atoms with E-state index >= 15 is 0 Å². The van der Waals surface area contributed by atoms with Gasteiger partial charge in [0.15, 0.2) is 17.7 Å². The number of hydrogen-bond acceptors (Lipinski definition) is 18. The zero-order valence-electron chi connectivity index (χ0n) is 27.1. The van der Waals surface area contributed by atoms with E-state index < -0.39 is 78.6 Å². The predicted molar refractivity (Wildman–Crippen MR) is 180 cm³/mol. The highest BCUT2D eigenvalue weighted by Crippen LogP contribution is 2.61. The summed E-state index contributed by atoms with van der Waals surface area (Å²) < 4.78 is 62.6. The quantitative estimate of drug-likeness (QED) is 0.0489. The highest BCUT2D eigenvalue weighted by molar-refractivity contribution is 8.23. The first kappa shape index (κ1) is 43.4. The molecule has 1 fully saturated rings. The Kier molecular flexibility index (Phi) is 15.2. The molecule has 0 bridgehead atoms. The van der Waals surface area contributed by atoms with Crippen LogP contribution in [0.1, 0.15) is 33.4 Å². The third kappa shape index (κ3) is 13.1. The number of thiocarbonyl (C=S) groups is 1. The Morgan fingerprint density at radius 1 is 1.12 bits per heavy atom. The van der Waals surface area contributed by atoms with Gasteiger partial charge in [-0.1, -0.05) is 26.1 Å². The molecule has 28 heteroatoms. The molecule has 0 radical (unpaired) electrons. The molecule has 1 aliphatic heterocycles. The third-order valence-electron chi connectivity index (χ3n) is 6.81. The molecule has 288 valence electrons. The van der Waals surface area contributed by atoms with Crippen LogP contribution in [0.5, 0.6) is 0 Å². The molecule has 3 heterocycles. The molecule has 2 aromatic heterocycles. The van der Waals surface area contributed by atoms with Gasteiger partial charge in [-0.25, -0.2) is 28.6 Å². The second kappa shape index (κ2) is 17.9. The first-order valence-corrected chi connectivity index (χ1v) is 20.5. The summed E-state index contributed by atoms with van der Waals surface area (Å²) in [5.74, 6) is -0.776. The van der Waals surface area contributed by atoms with Crippen LogP contribution >= 0.6 is 47.4 Å². The molecule has 0 saturated carbocycles. The van der Waals surface area contributed by atoms with Crippen LogP contribution in [0.15, 0.2) is 12.7 Å². The summed E-state index contributed by atoms with van der Waals surface area (Å²) in [7, 11) is -16.3. The number of carbonyl (C=O) groups is 2. The number of nitrogen functional groups attached to an aromatic ring is 1. The van der Waals surface area contributed by atoms with Crippen LogP contribution in [-0.2, 0) is 45.9 Å². The van der Waals surface area contributed by atoms with E-state index in [-0.39, 0.29) is 35.9 Å². The van der Waals surface area contributed by atoms with Gasteiger partial charge in [-0.05, 0) is 6.92 Å². The molecule has 10 N–H and O–H groups in total. The number of aliphatic hydroxyl groups excluding tert-OH is 2. The van der Waals surface area contributed by atoms with Crippen molar-refractivity contribution in [2.75, 3.05) is 37.8 Å². The number of amides is 2. The van der Waals surface area contributed by atoms with Crippen molar-refractivity contribution < 1.29 is 75.7 Å². The van der Waals surface area contributed by atoms with Gasteiger partial charge in [0.1, 0.15) is 36.3 Å². The number of phosphoric ester groups is 3. The average molecular weight is 826 g/mol. The van der Waals surface area contributed by atoms with Crippen LogP contribution in [0.2, 0.25) is 0 Å². The molecule has 2 unspecified atom stereocenters. The summed E-state index contributed by atoms with van der Waals surface area (Å²) >= 11 is 6.32. The normalized spacial score (nSPS) is 22.6. The smallest absolute Gasteiger partial charge is 0.386 e. The Morgan fingerprint density at radius 3 is 2.43 bits per heavy atom. The van der Waals surface area contributed by atoms with E-state index in [2.05, 4.69) is 34.4 Å². The topological polar surface area (TPSA) is 347 Å². The number of thioether (sulfide) groups is 1. The highest BCUT2D eigenvalue weighted by Gasteiger charge is 2.50. The van der Waals surface area contributed by atoms with Crippen molar-refractivity contribution in [3.05, 3.63) is 12.7 Å². The van der Waals surface area contributed by atoms with Crippen molar-refractivity contribution >= 4 is 80.4 Å². The van der Waals surface area contributed by atoms with Gasteiger partial charge in [0.25, 0.3) is 0 Å². The predicted octanol–water partition coefficient (Wildman–Crippen LogP) is -0.515. The van der Waals surface area contributed by atoms with Crippen molar-refractivity contribution in [2.45, 2.75) is 57.8 Å². The van der Waals surface area contributed by atoms with Crippen LogP contribution in [0, 0.1) is 5.41 Å². The van der Waals surface area contributed by atoms with Crippen molar-refractivity contribution in [1.29, 1.82) is 0 Å². The number of hydrogen-bond donors (Lipinski definition) is 9. The number of ether oxygens (including phenoxy) is 1. The molecular formula is C23H38N7O16P3S2. The van der Waals surface area contributed by atoms with E-state index in [1.807, 2.05) is 0 Å². The van der Waals surface area contributed by atoms with E-state index in [1.165, 1.54) is 25.6 Å².